The van der Waals surface area contributed by atoms with Crippen molar-refractivity contribution < 1.29 is 4.79 Å². The number of carbonyl (C=O) groups excluding carboxylic acids is 1. The highest BCUT2D eigenvalue weighted by atomic mass is 16.2. The molecule has 0 radical (unpaired) electrons. The standard InChI is InChI=1S/C19H23NO/c1-5-20(6-2)19(21)18-13-9-12-17(15(18)4)16-11-8-7-10-14(16)3/h7-13H,5-6H2,1-4H3. The quantitative estimate of drug-likeness (QED) is 0.810. The number of nitrogens with zero attached hydrogens (tertiary/aromatic N) is 1. The molecule has 2 rings (SSSR count). The second-order valence-corrected chi connectivity index (χ2v) is 5.27. The van der Waals surface area contributed by atoms with Crippen LogP contribution in [-0.4, -0.2) is 23.9 Å². The van der Waals surface area contributed by atoms with Gasteiger partial charge in [0.1, 0.15) is 0 Å². The molecule has 0 aromatic heterocycles. The van der Waals surface area contributed by atoms with E-state index in [1.807, 2.05) is 49.9 Å². The molecule has 0 spiro atoms. The Labute approximate surface area is 127 Å². The molecule has 2 aromatic rings. The van der Waals surface area contributed by atoms with Crippen LogP contribution < -0.4 is 0 Å². The molecule has 0 atom stereocenters. The smallest absolute Gasteiger partial charge is 0.254 e. The third-order valence-electron chi connectivity index (χ3n) is 4.05. The minimum atomic E-state index is 0.118. The predicted molar refractivity (Wildman–Crippen MR) is 88.6 cm³/mol. The van der Waals surface area contributed by atoms with Crippen molar-refractivity contribution in [2.45, 2.75) is 27.7 Å². The Hall–Kier alpha value is -2.09. The molecule has 0 saturated heterocycles. The van der Waals surface area contributed by atoms with Gasteiger partial charge in [-0.1, -0.05) is 36.4 Å². The van der Waals surface area contributed by atoms with E-state index >= 15 is 0 Å². The summed E-state index contributed by atoms with van der Waals surface area (Å²) in [6, 6.07) is 14.3. The third kappa shape index (κ3) is 2.99. The summed E-state index contributed by atoms with van der Waals surface area (Å²) in [5.41, 5.74) is 5.44. The van der Waals surface area contributed by atoms with Gasteiger partial charge in [-0.3, -0.25) is 4.79 Å². The zero-order chi connectivity index (χ0) is 15.4. The van der Waals surface area contributed by atoms with Crippen LogP contribution in [0.5, 0.6) is 0 Å². The Balaban J connectivity index is 2.51. The molecule has 2 nitrogen and oxygen atoms in total. The molecule has 0 bridgehead atoms. The number of rotatable bonds is 4. The number of carbonyl (C=O) groups is 1. The Kier molecular flexibility index (Phi) is 4.79. The summed E-state index contributed by atoms with van der Waals surface area (Å²) in [4.78, 5) is 14.5. The first kappa shape index (κ1) is 15.3. The van der Waals surface area contributed by atoms with Crippen LogP contribution in [-0.2, 0) is 0 Å². The van der Waals surface area contributed by atoms with Crippen molar-refractivity contribution in [1.82, 2.24) is 4.90 Å². The van der Waals surface area contributed by atoms with E-state index in [2.05, 4.69) is 25.1 Å². The molecule has 0 saturated carbocycles. The fourth-order valence-electron chi connectivity index (χ4n) is 2.72. The molecule has 0 aliphatic rings. The van der Waals surface area contributed by atoms with Crippen LogP contribution in [0.1, 0.15) is 35.3 Å². The van der Waals surface area contributed by atoms with E-state index in [4.69, 9.17) is 0 Å². The molecule has 0 fully saturated rings. The second-order valence-electron chi connectivity index (χ2n) is 5.27. The first-order valence-corrected chi connectivity index (χ1v) is 7.55. The number of benzene rings is 2. The molecule has 110 valence electrons. The summed E-state index contributed by atoms with van der Waals surface area (Å²) >= 11 is 0. The zero-order valence-corrected chi connectivity index (χ0v) is 13.3. The van der Waals surface area contributed by atoms with Crippen LogP contribution >= 0.6 is 0 Å². The fraction of sp³-hybridized carbons (Fsp3) is 0.316. The largest absolute Gasteiger partial charge is 0.339 e. The van der Waals surface area contributed by atoms with Gasteiger partial charge >= 0.3 is 0 Å². The lowest BCUT2D eigenvalue weighted by Gasteiger charge is -2.21. The monoisotopic (exact) mass is 281 g/mol. The lowest BCUT2D eigenvalue weighted by molar-refractivity contribution is 0.0772. The lowest BCUT2D eigenvalue weighted by Crippen LogP contribution is -2.31. The van der Waals surface area contributed by atoms with E-state index in [9.17, 15) is 4.79 Å². The average Bonchev–Trinajstić information content (AvgIpc) is 2.49. The number of hydrogen-bond acceptors (Lipinski definition) is 1. The average molecular weight is 281 g/mol. The van der Waals surface area contributed by atoms with Gasteiger partial charge in [0.15, 0.2) is 0 Å². The van der Waals surface area contributed by atoms with Crippen molar-refractivity contribution in [3.63, 3.8) is 0 Å². The second kappa shape index (κ2) is 6.57. The normalized spacial score (nSPS) is 10.5. The molecule has 0 heterocycles. The summed E-state index contributed by atoms with van der Waals surface area (Å²) in [7, 11) is 0. The van der Waals surface area contributed by atoms with Crippen LogP contribution in [0, 0.1) is 13.8 Å². The van der Waals surface area contributed by atoms with Gasteiger partial charge in [-0.2, -0.15) is 0 Å². The SMILES string of the molecule is CCN(CC)C(=O)c1cccc(-c2ccccc2C)c1C. The first-order chi connectivity index (χ1) is 10.1. The molecular weight excluding hydrogens is 258 g/mol. The molecule has 1 amide bonds. The van der Waals surface area contributed by atoms with Crippen molar-refractivity contribution in [1.29, 1.82) is 0 Å². The van der Waals surface area contributed by atoms with Gasteiger partial charge < -0.3 is 4.90 Å². The number of aryl methyl sites for hydroxylation is 1. The Morgan fingerprint density at radius 3 is 2.14 bits per heavy atom. The van der Waals surface area contributed by atoms with E-state index in [-0.39, 0.29) is 5.91 Å². The van der Waals surface area contributed by atoms with Gasteiger partial charge in [0.2, 0.25) is 0 Å². The van der Waals surface area contributed by atoms with Gasteiger partial charge in [-0.15, -0.1) is 0 Å². The molecule has 2 aromatic carbocycles. The maximum atomic E-state index is 12.6. The van der Waals surface area contributed by atoms with E-state index in [1.54, 1.807) is 0 Å². The third-order valence-corrected chi connectivity index (χ3v) is 4.05. The van der Waals surface area contributed by atoms with Crippen LogP contribution in [0.3, 0.4) is 0 Å². The Morgan fingerprint density at radius 1 is 0.905 bits per heavy atom. The number of amides is 1. The van der Waals surface area contributed by atoms with Crippen molar-refractivity contribution in [2.75, 3.05) is 13.1 Å². The summed E-state index contributed by atoms with van der Waals surface area (Å²) in [6.07, 6.45) is 0. The molecule has 0 aliphatic heterocycles. The summed E-state index contributed by atoms with van der Waals surface area (Å²) in [5, 5.41) is 0. The fourth-order valence-corrected chi connectivity index (χ4v) is 2.72. The first-order valence-electron chi connectivity index (χ1n) is 7.55. The van der Waals surface area contributed by atoms with Crippen molar-refractivity contribution in [3.8, 4) is 11.1 Å². The van der Waals surface area contributed by atoms with Gasteiger partial charge in [0, 0.05) is 18.7 Å². The minimum Gasteiger partial charge on any atom is -0.339 e. The molecule has 2 heteroatoms. The molecule has 21 heavy (non-hydrogen) atoms. The van der Waals surface area contributed by atoms with Crippen molar-refractivity contribution >= 4 is 5.91 Å². The Bertz CT molecular complexity index is 642. The summed E-state index contributed by atoms with van der Waals surface area (Å²) in [5.74, 6) is 0.118. The zero-order valence-electron chi connectivity index (χ0n) is 13.3. The summed E-state index contributed by atoms with van der Waals surface area (Å²) < 4.78 is 0. The molecule has 0 N–H and O–H groups in total. The highest BCUT2D eigenvalue weighted by Crippen LogP contribution is 2.28. The summed E-state index contributed by atoms with van der Waals surface area (Å²) in [6.45, 7) is 9.66. The van der Waals surface area contributed by atoms with E-state index < -0.39 is 0 Å². The molecular formula is C19H23NO. The van der Waals surface area contributed by atoms with Gasteiger partial charge in [-0.25, -0.2) is 0 Å². The predicted octanol–water partition coefficient (Wildman–Crippen LogP) is 4.45. The van der Waals surface area contributed by atoms with Crippen LogP contribution in [0.2, 0.25) is 0 Å². The highest BCUT2D eigenvalue weighted by Gasteiger charge is 2.17. The van der Waals surface area contributed by atoms with E-state index in [0.717, 1.165) is 29.8 Å². The maximum absolute atomic E-state index is 12.6. The van der Waals surface area contributed by atoms with E-state index in [1.165, 1.54) is 11.1 Å². The van der Waals surface area contributed by atoms with Crippen molar-refractivity contribution in [3.05, 3.63) is 59.2 Å². The molecule has 0 unspecified atom stereocenters. The van der Waals surface area contributed by atoms with Crippen LogP contribution in [0.4, 0.5) is 0 Å². The van der Waals surface area contributed by atoms with Crippen LogP contribution in [0.25, 0.3) is 11.1 Å². The van der Waals surface area contributed by atoms with Gasteiger partial charge in [-0.05, 0) is 56.0 Å². The maximum Gasteiger partial charge on any atom is 0.254 e. The number of hydrogen-bond donors (Lipinski definition) is 0. The minimum absolute atomic E-state index is 0.118. The lowest BCUT2D eigenvalue weighted by atomic mass is 9.93. The molecule has 0 aliphatic carbocycles. The van der Waals surface area contributed by atoms with Gasteiger partial charge in [0.05, 0.1) is 0 Å². The van der Waals surface area contributed by atoms with Crippen molar-refractivity contribution in [2.24, 2.45) is 0 Å². The Morgan fingerprint density at radius 2 is 1.52 bits per heavy atom. The highest BCUT2D eigenvalue weighted by molar-refractivity contribution is 5.97. The van der Waals surface area contributed by atoms with E-state index in [0.29, 0.717) is 0 Å². The van der Waals surface area contributed by atoms with Gasteiger partial charge in [0.25, 0.3) is 5.91 Å². The topological polar surface area (TPSA) is 20.3 Å². The van der Waals surface area contributed by atoms with Crippen LogP contribution in [0.15, 0.2) is 42.5 Å².